The first-order chi connectivity index (χ1) is 9.67. The maximum Gasteiger partial charge on any atom is 0.362 e. The fourth-order valence-electron chi connectivity index (χ4n) is 1.80. The standard InChI is InChI=1S/C14H16N2O3S/c1-3-11-12(17)15-14(18)16(19-4-2)13(11)20-10-8-6-5-7-9-10/h5-9H,3-4H2,1-2H3,(H,15,17,18). The number of nitrogens with one attached hydrogen (secondary N) is 1. The van der Waals surface area contributed by atoms with E-state index in [1.54, 1.807) is 6.92 Å². The molecule has 6 heteroatoms. The maximum atomic E-state index is 11.9. The lowest BCUT2D eigenvalue weighted by atomic mass is 10.3. The van der Waals surface area contributed by atoms with Gasteiger partial charge in [0, 0.05) is 4.90 Å². The molecule has 0 unspecified atom stereocenters. The lowest BCUT2D eigenvalue weighted by Crippen LogP contribution is -2.37. The van der Waals surface area contributed by atoms with Crippen molar-refractivity contribution in [1.82, 2.24) is 9.71 Å². The number of aromatic amines is 1. The van der Waals surface area contributed by atoms with Crippen LogP contribution >= 0.6 is 11.8 Å². The lowest BCUT2D eigenvalue weighted by molar-refractivity contribution is 0.0886. The fraction of sp³-hybridized carbons (Fsp3) is 0.286. The van der Waals surface area contributed by atoms with Crippen LogP contribution in [0.15, 0.2) is 49.8 Å². The summed E-state index contributed by atoms with van der Waals surface area (Å²) in [7, 11) is 0. The highest BCUT2D eigenvalue weighted by molar-refractivity contribution is 7.99. The molecule has 0 atom stereocenters. The third-order valence-corrected chi connectivity index (χ3v) is 3.80. The average Bonchev–Trinajstić information content (AvgIpc) is 2.44. The molecular formula is C14H16N2O3S. The van der Waals surface area contributed by atoms with Gasteiger partial charge in [-0.05, 0) is 25.5 Å². The quantitative estimate of drug-likeness (QED) is 0.852. The Hall–Kier alpha value is -1.95. The van der Waals surface area contributed by atoms with Crippen LogP contribution in [0.4, 0.5) is 0 Å². The molecule has 2 rings (SSSR count). The Morgan fingerprint density at radius 3 is 2.50 bits per heavy atom. The molecule has 1 N–H and O–H groups in total. The zero-order valence-electron chi connectivity index (χ0n) is 11.4. The van der Waals surface area contributed by atoms with Gasteiger partial charge in [-0.1, -0.05) is 36.9 Å². The van der Waals surface area contributed by atoms with Crippen LogP contribution in [-0.4, -0.2) is 16.3 Å². The molecule has 0 amide bonds. The number of nitrogens with zero attached hydrogens (tertiary/aromatic N) is 1. The van der Waals surface area contributed by atoms with Crippen LogP contribution in [0.2, 0.25) is 0 Å². The molecule has 0 aliphatic heterocycles. The van der Waals surface area contributed by atoms with Gasteiger partial charge in [0.2, 0.25) is 0 Å². The summed E-state index contributed by atoms with van der Waals surface area (Å²) in [4.78, 5) is 32.4. The number of hydrogen-bond donors (Lipinski definition) is 1. The summed E-state index contributed by atoms with van der Waals surface area (Å²) in [5, 5.41) is 0.536. The van der Waals surface area contributed by atoms with E-state index in [2.05, 4.69) is 4.98 Å². The molecule has 0 saturated heterocycles. The fourth-order valence-corrected chi connectivity index (χ4v) is 2.89. The van der Waals surface area contributed by atoms with E-state index in [4.69, 9.17) is 4.84 Å². The van der Waals surface area contributed by atoms with Crippen molar-refractivity contribution in [3.63, 3.8) is 0 Å². The Balaban J connectivity index is 2.58. The van der Waals surface area contributed by atoms with Gasteiger partial charge in [0.1, 0.15) is 11.6 Å². The van der Waals surface area contributed by atoms with Gasteiger partial charge in [-0.2, -0.15) is 0 Å². The molecule has 1 heterocycles. The summed E-state index contributed by atoms with van der Waals surface area (Å²) in [5.74, 6) is 0. The van der Waals surface area contributed by atoms with Gasteiger partial charge in [-0.25, -0.2) is 4.79 Å². The highest BCUT2D eigenvalue weighted by Crippen LogP contribution is 2.27. The van der Waals surface area contributed by atoms with Crippen molar-refractivity contribution in [1.29, 1.82) is 0 Å². The number of aromatic nitrogens is 2. The minimum absolute atomic E-state index is 0.345. The van der Waals surface area contributed by atoms with E-state index in [0.29, 0.717) is 23.6 Å². The Kier molecular flexibility index (Phi) is 4.68. The van der Waals surface area contributed by atoms with Crippen molar-refractivity contribution >= 4 is 11.8 Å². The summed E-state index contributed by atoms with van der Waals surface area (Å²) < 4.78 is 1.16. The first-order valence-electron chi connectivity index (χ1n) is 6.41. The number of benzene rings is 1. The molecule has 0 bridgehead atoms. The highest BCUT2D eigenvalue weighted by atomic mass is 32.2. The molecular weight excluding hydrogens is 276 g/mol. The third kappa shape index (κ3) is 2.96. The van der Waals surface area contributed by atoms with Crippen molar-refractivity contribution in [2.24, 2.45) is 0 Å². The van der Waals surface area contributed by atoms with E-state index in [1.807, 2.05) is 37.3 Å². The third-order valence-electron chi connectivity index (χ3n) is 2.69. The topological polar surface area (TPSA) is 64.1 Å². The minimum Gasteiger partial charge on any atom is -0.409 e. The second kappa shape index (κ2) is 6.47. The number of H-pyrrole nitrogens is 1. The molecule has 20 heavy (non-hydrogen) atoms. The Morgan fingerprint density at radius 1 is 1.20 bits per heavy atom. The van der Waals surface area contributed by atoms with Crippen molar-refractivity contribution in [3.05, 3.63) is 56.7 Å². The first kappa shape index (κ1) is 14.5. The predicted molar refractivity (Wildman–Crippen MR) is 78.4 cm³/mol. The van der Waals surface area contributed by atoms with Gasteiger partial charge in [0.25, 0.3) is 5.56 Å². The summed E-state index contributed by atoms with van der Waals surface area (Å²) in [5.41, 5.74) is -0.355. The Labute approximate surface area is 120 Å². The van der Waals surface area contributed by atoms with Crippen molar-refractivity contribution in [2.45, 2.75) is 30.2 Å². The smallest absolute Gasteiger partial charge is 0.362 e. The van der Waals surface area contributed by atoms with Gasteiger partial charge in [-0.15, -0.1) is 4.73 Å². The molecule has 2 aromatic rings. The molecule has 106 valence electrons. The van der Waals surface area contributed by atoms with E-state index >= 15 is 0 Å². The molecule has 5 nitrogen and oxygen atoms in total. The first-order valence-corrected chi connectivity index (χ1v) is 7.23. The molecule has 0 spiro atoms. The van der Waals surface area contributed by atoms with Gasteiger partial charge in [0.15, 0.2) is 0 Å². The highest BCUT2D eigenvalue weighted by Gasteiger charge is 2.15. The summed E-state index contributed by atoms with van der Waals surface area (Å²) in [6.45, 7) is 4.01. The summed E-state index contributed by atoms with van der Waals surface area (Å²) in [6, 6.07) is 9.57. The molecule has 1 aromatic carbocycles. The van der Waals surface area contributed by atoms with E-state index in [9.17, 15) is 9.59 Å². The Morgan fingerprint density at radius 2 is 1.90 bits per heavy atom. The van der Waals surface area contributed by atoms with Gasteiger partial charge in [0.05, 0.1) is 5.56 Å². The largest absolute Gasteiger partial charge is 0.409 e. The van der Waals surface area contributed by atoms with Crippen molar-refractivity contribution in [3.8, 4) is 0 Å². The Bertz CT molecular complexity index is 692. The van der Waals surface area contributed by atoms with Gasteiger partial charge in [-0.3, -0.25) is 9.78 Å². The van der Waals surface area contributed by atoms with Crippen LogP contribution in [0.25, 0.3) is 0 Å². The second-order valence-corrected chi connectivity index (χ2v) is 5.09. The second-order valence-electron chi connectivity index (χ2n) is 4.02. The number of rotatable bonds is 5. The zero-order chi connectivity index (χ0) is 14.5. The van der Waals surface area contributed by atoms with E-state index < -0.39 is 5.69 Å². The van der Waals surface area contributed by atoms with Crippen LogP contribution in [-0.2, 0) is 6.42 Å². The number of hydrogen-bond acceptors (Lipinski definition) is 4. The lowest BCUT2D eigenvalue weighted by Gasteiger charge is -2.14. The van der Waals surface area contributed by atoms with Crippen molar-refractivity contribution in [2.75, 3.05) is 6.61 Å². The van der Waals surface area contributed by atoms with E-state index in [-0.39, 0.29) is 5.56 Å². The molecule has 0 aliphatic rings. The molecule has 1 aromatic heterocycles. The van der Waals surface area contributed by atoms with E-state index in [1.165, 1.54) is 11.8 Å². The SMILES string of the molecule is CCOn1c(Sc2ccccc2)c(CC)c(=O)[nH]c1=O. The van der Waals surface area contributed by atoms with E-state index in [0.717, 1.165) is 9.63 Å². The normalized spacial score (nSPS) is 10.5. The van der Waals surface area contributed by atoms with Gasteiger partial charge >= 0.3 is 5.69 Å². The van der Waals surface area contributed by atoms with Crippen LogP contribution in [0.1, 0.15) is 19.4 Å². The maximum absolute atomic E-state index is 11.9. The molecule has 0 saturated carbocycles. The average molecular weight is 292 g/mol. The summed E-state index contributed by atoms with van der Waals surface area (Å²) in [6.07, 6.45) is 0.526. The van der Waals surface area contributed by atoms with Crippen molar-refractivity contribution < 1.29 is 4.84 Å². The van der Waals surface area contributed by atoms with Crippen LogP contribution in [0.5, 0.6) is 0 Å². The molecule has 0 radical (unpaired) electrons. The van der Waals surface area contributed by atoms with Crippen LogP contribution < -0.4 is 16.1 Å². The zero-order valence-corrected chi connectivity index (χ0v) is 12.2. The summed E-state index contributed by atoms with van der Waals surface area (Å²) >= 11 is 1.35. The van der Waals surface area contributed by atoms with Crippen LogP contribution in [0.3, 0.4) is 0 Å². The van der Waals surface area contributed by atoms with Crippen LogP contribution in [0, 0.1) is 0 Å². The predicted octanol–water partition coefficient (Wildman–Crippen LogP) is 1.70. The molecule has 0 fully saturated rings. The monoisotopic (exact) mass is 292 g/mol. The minimum atomic E-state index is -0.549. The van der Waals surface area contributed by atoms with Gasteiger partial charge < -0.3 is 4.84 Å². The molecule has 0 aliphatic carbocycles.